The molecular formula is C17H32O8. The van der Waals surface area contributed by atoms with Gasteiger partial charge >= 0.3 is 11.9 Å². The van der Waals surface area contributed by atoms with Crippen LogP contribution >= 0.6 is 0 Å². The van der Waals surface area contributed by atoms with E-state index in [-0.39, 0.29) is 6.42 Å². The van der Waals surface area contributed by atoms with Crippen LogP contribution in [0.25, 0.3) is 0 Å². The lowest BCUT2D eigenvalue weighted by atomic mass is 9.65. The quantitative estimate of drug-likeness (QED) is 0.296. The topological polar surface area (TPSA) is 89.5 Å². The lowest BCUT2D eigenvalue weighted by Gasteiger charge is -2.39. The highest BCUT2D eigenvalue weighted by Crippen LogP contribution is 2.43. The maximum atomic E-state index is 12.3. The largest absolute Gasteiger partial charge is 0.352 e. The SMILES string of the molecule is COC(C)OOC(=O)CCCC(C)(C)C(C)(C)C(=O)OOC(C)OC. The third-order valence-corrected chi connectivity index (χ3v) is 4.58. The van der Waals surface area contributed by atoms with Crippen molar-refractivity contribution in [1.29, 1.82) is 0 Å². The molecule has 0 spiro atoms. The molecule has 148 valence electrons. The van der Waals surface area contributed by atoms with Crippen LogP contribution < -0.4 is 0 Å². The molecule has 8 heteroatoms. The number of methoxy groups -OCH3 is 2. The van der Waals surface area contributed by atoms with Crippen LogP contribution in [0.2, 0.25) is 0 Å². The fraction of sp³-hybridized carbons (Fsp3) is 0.882. The van der Waals surface area contributed by atoms with Gasteiger partial charge in [-0.2, -0.15) is 9.78 Å². The average molecular weight is 364 g/mol. The van der Waals surface area contributed by atoms with E-state index in [4.69, 9.17) is 24.1 Å². The van der Waals surface area contributed by atoms with Crippen LogP contribution in [0.15, 0.2) is 0 Å². The number of carbonyl (C=O) groups is 2. The van der Waals surface area contributed by atoms with Crippen molar-refractivity contribution in [2.24, 2.45) is 10.8 Å². The Morgan fingerprint density at radius 2 is 1.36 bits per heavy atom. The van der Waals surface area contributed by atoms with Gasteiger partial charge in [0.1, 0.15) is 0 Å². The minimum Gasteiger partial charge on any atom is -0.352 e. The van der Waals surface area contributed by atoms with E-state index in [1.54, 1.807) is 27.7 Å². The lowest BCUT2D eigenvalue weighted by Crippen LogP contribution is -2.41. The van der Waals surface area contributed by atoms with Crippen LogP contribution in [-0.2, 0) is 38.6 Å². The highest BCUT2D eigenvalue weighted by molar-refractivity contribution is 5.76. The smallest absolute Gasteiger partial charge is 0.348 e. The average Bonchev–Trinajstić information content (AvgIpc) is 2.56. The summed E-state index contributed by atoms with van der Waals surface area (Å²) in [5.74, 6) is -0.987. The van der Waals surface area contributed by atoms with Gasteiger partial charge in [0.15, 0.2) is 12.6 Å². The van der Waals surface area contributed by atoms with Gasteiger partial charge in [0.25, 0.3) is 0 Å². The predicted octanol–water partition coefficient (Wildman–Crippen LogP) is 3.14. The van der Waals surface area contributed by atoms with Crippen molar-refractivity contribution in [1.82, 2.24) is 0 Å². The van der Waals surface area contributed by atoms with E-state index in [9.17, 15) is 9.59 Å². The molecule has 0 amide bonds. The molecule has 8 nitrogen and oxygen atoms in total. The van der Waals surface area contributed by atoms with E-state index in [0.717, 1.165) is 0 Å². The number of hydrogen-bond donors (Lipinski definition) is 0. The van der Waals surface area contributed by atoms with Crippen molar-refractivity contribution in [3.63, 3.8) is 0 Å². The molecule has 0 rings (SSSR count). The highest BCUT2D eigenvalue weighted by Gasteiger charge is 2.45. The summed E-state index contributed by atoms with van der Waals surface area (Å²) in [6.07, 6.45) is 0.0324. The van der Waals surface area contributed by atoms with Gasteiger partial charge < -0.3 is 9.47 Å². The first-order chi connectivity index (χ1) is 11.5. The summed E-state index contributed by atoms with van der Waals surface area (Å²) in [4.78, 5) is 43.0. The van der Waals surface area contributed by atoms with E-state index in [1.807, 2.05) is 13.8 Å². The molecule has 0 N–H and O–H groups in total. The second-order valence-corrected chi connectivity index (χ2v) is 6.99. The lowest BCUT2D eigenvalue weighted by molar-refractivity contribution is -0.348. The van der Waals surface area contributed by atoms with Gasteiger partial charge in [-0.3, -0.25) is 9.78 Å². The van der Waals surface area contributed by atoms with Gasteiger partial charge in [-0.25, -0.2) is 9.59 Å². The van der Waals surface area contributed by atoms with Gasteiger partial charge in [0.05, 0.1) is 5.41 Å². The Balaban J connectivity index is 4.43. The van der Waals surface area contributed by atoms with E-state index in [0.29, 0.717) is 12.8 Å². The van der Waals surface area contributed by atoms with Crippen LogP contribution in [0.1, 0.15) is 60.8 Å². The molecular weight excluding hydrogens is 332 g/mol. The Morgan fingerprint density at radius 3 is 1.84 bits per heavy atom. The van der Waals surface area contributed by atoms with Crippen molar-refractivity contribution in [3.05, 3.63) is 0 Å². The molecule has 0 heterocycles. The van der Waals surface area contributed by atoms with E-state index < -0.39 is 35.3 Å². The zero-order valence-corrected chi connectivity index (χ0v) is 16.5. The van der Waals surface area contributed by atoms with Gasteiger partial charge in [0, 0.05) is 20.6 Å². The van der Waals surface area contributed by atoms with Crippen molar-refractivity contribution in [3.8, 4) is 0 Å². The highest BCUT2D eigenvalue weighted by atomic mass is 17.2. The normalized spacial score (nSPS) is 14.7. The van der Waals surface area contributed by atoms with E-state index >= 15 is 0 Å². The molecule has 0 radical (unpaired) electrons. The second-order valence-electron chi connectivity index (χ2n) is 6.99. The molecule has 0 aromatic rings. The molecule has 0 saturated carbocycles. The summed E-state index contributed by atoms with van der Waals surface area (Å²) in [7, 11) is 2.89. The first kappa shape index (κ1) is 23.8. The maximum absolute atomic E-state index is 12.3. The minimum absolute atomic E-state index is 0.169. The second kappa shape index (κ2) is 10.7. The van der Waals surface area contributed by atoms with Crippen molar-refractivity contribution in [2.75, 3.05) is 14.2 Å². The molecule has 0 aliphatic carbocycles. The molecule has 0 fully saturated rings. The first-order valence-electron chi connectivity index (χ1n) is 8.27. The summed E-state index contributed by atoms with van der Waals surface area (Å²) in [6, 6.07) is 0. The van der Waals surface area contributed by atoms with Crippen LogP contribution in [0, 0.1) is 10.8 Å². The Kier molecular flexibility index (Phi) is 10.2. The summed E-state index contributed by atoms with van der Waals surface area (Å²) in [5, 5.41) is 0. The molecule has 2 unspecified atom stereocenters. The molecule has 2 atom stereocenters. The summed E-state index contributed by atoms with van der Waals surface area (Å²) >= 11 is 0. The Morgan fingerprint density at radius 1 is 0.880 bits per heavy atom. The molecule has 0 aromatic heterocycles. The predicted molar refractivity (Wildman–Crippen MR) is 88.7 cm³/mol. The van der Waals surface area contributed by atoms with Gasteiger partial charge in [0.2, 0.25) is 0 Å². The minimum atomic E-state index is -0.828. The van der Waals surface area contributed by atoms with Crippen LogP contribution in [0.5, 0.6) is 0 Å². The number of ether oxygens (including phenoxy) is 2. The monoisotopic (exact) mass is 364 g/mol. The molecule has 25 heavy (non-hydrogen) atoms. The van der Waals surface area contributed by atoms with Crippen molar-refractivity contribution >= 4 is 11.9 Å². The third-order valence-electron chi connectivity index (χ3n) is 4.58. The van der Waals surface area contributed by atoms with Gasteiger partial charge in [-0.1, -0.05) is 13.8 Å². The standard InChI is InChI=1S/C17H32O8/c1-12(20-7)22-24-14(18)10-9-11-16(3,4)17(5,6)15(19)25-23-13(2)21-8/h12-13H,9-11H2,1-8H3. The fourth-order valence-electron chi connectivity index (χ4n) is 1.72. The Labute approximate surface area is 149 Å². The maximum Gasteiger partial charge on any atom is 0.348 e. The van der Waals surface area contributed by atoms with Gasteiger partial charge in [-0.15, -0.1) is 0 Å². The van der Waals surface area contributed by atoms with Crippen molar-refractivity contribution < 1.29 is 38.6 Å². The molecule has 0 aromatic carbocycles. The zero-order chi connectivity index (χ0) is 19.7. The summed E-state index contributed by atoms with van der Waals surface area (Å²) < 4.78 is 9.67. The molecule has 0 aliphatic rings. The number of rotatable bonds is 12. The van der Waals surface area contributed by atoms with Crippen LogP contribution in [0.3, 0.4) is 0 Å². The Bertz CT molecular complexity index is 419. The summed E-state index contributed by atoms with van der Waals surface area (Å²) in [6.45, 7) is 10.6. The number of hydrogen-bond acceptors (Lipinski definition) is 8. The zero-order valence-electron chi connectivity index (χ0n) is 16.5. The van der Waals surface area contributed by atoms with E-state index in [1.165, 1.54) is 14.2 Å². The molecule has 0 bridgehead atoms. The van der Waals surface area contributed by atoms with E-state index in [2.05, 4.69) is 4.89 Å². The van der Waals surface area contributed by atoms with Crippen LogP contribution in [0.4, 0.5) is 0 Å². The van der Waals surface area contributed by atoms with Crippen molar-refractivity contribution in [2.45, 2.75) is 73.4 Å². The third kappa shape index (κ3) is 8.13. The first-order valence-corrected chi connectivity index (χ1v) is 8.27. The number of carbonyl (C=O) groups excluding carboxylic acids is 2. The Hall–Kier alpha value is -1.22. The summed E-state index contributed by atoms with van der Waals surface area (Å²) in [5.41, 5.74) is -1.27. The van der Waals surface area contributed by atoms with Gasteiger partial charge in [-0.05, 0) is 46.0 Å². The van der Waals surface area contributed by atoms with Crippen LogP contribution in [-0.4, -0.2) is 38.7 Å². The molecule has 0 saturated heterocycles. The fourth-order valence-corrected chi connectivity index (χ4v) is 1.72. The molecule has 0 aliphatic heterocycles.